The van der Waals surface area contributed by atoms with Crippen LogP contribution in [0.15, 0.2) is 11.6 Å². The van der Waals surface area contributed by atoms with E-state index in [2.05, 4.69) is 0 Å². The molecule has 0 aliphatic heterocycles. The van der Waals surface area contributed by atoms with Crippen LogP contribution in [0.3, 0.4) is 0 Å². The molecule has 0 aromatic carbocycles. The van der Waals surface area contributed by atoms with E-state index in [0.717, 1.165) is 5.57 Å². The first-order valence-corrected chi connectivity index (χ1v) is 4.35. The lowest BCUT2D eigenvalue weighted by molar-refractivity contribution is 0.0810. The number of aliphatic hydroxyl groups excluding tert-OH is 4. The maximum atomic E-state index is 9.11. The minimum Gasteiger partial charge on any atom is -0.394 e. The molecule has 0 aromatic rings. The van der Waals surface area contributed by atoms with Crippen LogP contribution in [0, 0.1) is 0 Å². The van der Waals surface area contributed by atoms with Crippen molar-refractivity contribution in [2.24, 2.45) is 0 Å². The number of allylic oxidation sites excluding steroid dienone is 1. The van der Waals surface area contributed by atoms with Crippen LogP contribution in [0.25, 0.3) is 0 Å². The average Bonchev–Trinajstić information content (AvgIpc) is 2.16. The summed E-state index contributed by atoms with van der Waals surface area (Å²) in [7, 11) is 0. The molecule has 4 nitrogen and oxygen atoms in total. The summed E-state index contributed by atoms with van der Waals surface area (Å²) in [6, 6.07) is 0. The van der Waals surface area contributed by atoms with Crippen LogP contribution in [-0.4, -0.2) is 45.8 Å². The molecule has 0 radical (unpaired) electrons. The molecule has 0 aromatic heterocycles. The normalized spacial score (nSPS) is 15.2. The van der Waals surface area contributed by atoms with Crippen molar-refractivity contribution in [2.75, 3.05) is 13.2 Å². The molecule has 0 aliphatic carbocycles. The third-order valence-electron chi connectivity index (χ3n) is 1.83. The zero-order valence-corrected chi connectivity index (χ0v) is 7.85. The predicted octanol–water partition coefficient (Wildman–Crippen LogP) is -0.581. The molecule has 0 heterocycles. The third-order valence-corrected chi connectivity index (χ3v) is 1.83. The molecule has 2 unspecified atom stereocenters. The van der Waals surface area contributed by atoms with Gasteiger partial charge in [0.05, 0.1) is 25.4 Å². The Morgan fingerprint density at radius 3 is 1.69 bits per heavy atom. The molecular weight excluding hydrogens is 172 g/mol. The Bertz CT molecular complexity index is 142. The fourth-order valence-electron chi connectivity index (χ4n) is 1.05. The highest BCUT2D eigenvalue weighted by Gasteiger charge is 2.09. The average molecular weight is 190 g/mol. The zero-order chi connectivity index (χ0) is 10.3. The lowest BCUT2D eigenvalue weighted by Crippen LogP contribution is -2.17. The van der Waals surface area contributed by atoms with Gasteiger partial charge in [-0.25, -0.2) is 0 Å². The summed E-state index contributed by atoms with van der Waals surface area (Å²) >= 11 is 0. The van der Waals surface area contributed by atoms with Crippen molar-refractivity contribution < 1.29 is 20.4 Å². The van der Waals surface area contributed by atoms with Gasteiger partial charge in [-0.2, -0.15) is 0 Å². The number of hydrogen-bond donors (Lipinski definition) is 4. The molecule has 0 spiro atoms. The van der Waals surface area contributed by atoms with Crippen LogP contribution >= 0.6 is 0 Å². The number of rotatable bonds is 6. The number of aliphatic hydroxyl groups is 4. The lowest BCUT2D eigenvalue weighted by Gasteiger charge is -2.13. The highest BCUT2D eigenvalue weighted by Crippen LogP contribution is 2.12. The van der Waals surface area contributed by atoms with Crippen molar-refractivity contribution in [1.82, 2.24) is 0 Å². The van der Waals surface area contributed by atoms with Gasteiger partial charge in [-0.3, -0.25) is 0 Å². The van der Waals surface area contributed by atoms with E-state index >= 15 is 0 Å². The molecule has 0 aliphatic rings. The second-order valence-electron chi connectivity index (χ2n) is 3.03. The summed E-state index contributed by atoms with van der Waals surface area (Å²) < 4.78 is 0. The van der Waals surface area contributed by atoms with Crippen molar-refractivity contribution in [3.8, 4) is 0 Å². The Balaban J connectivity index is 3.91. The molecule has 0 fully saturated rings. The SMILES string of the molecule is CC=C(CC(O)CO)CC(O)CO. The quantitative estimate of drug-likeness (QED) is 0.422. The van der Waals surface area contributed by atoms with Crippen molar-refractivity contribution in [3.63, 3.8) is 0 Å². The maximum Gasteiger partial charge on any atom is 0.0807 e. The topological polar surface area (TPSA) is 80.9 Å². The van der Waals surface area contributed by atoms with Crippen molar-refractivity contribution >= 4 is 0 Å². The van der Waals surface area contributed by atoms with Gasteiger partial charge in [0, 0.05) is 0 Å². The first-order valence-electron chi connectivity index (χ1n) is 4.35. The van der Waals surface area contributed by atoms with Gasteiger partial charge < -0.3 is 20.4 Å². The summed E-state index contributed by atoms with van der Waals surface area (Å²) in [5, 5.41) is 35.4. The molecular formula is C9H18O4. The van der Waals surface area contributed by atoms with Gasteiger partial charge in [0.25, 0.3) is 0 Å². The van der Waals surface area contributed by atoms with E-state index in [4.69, 9.17) is 20.4 Å². The first-order chi connectivity index (χ1) is 6.13. The van der Waals surface area contributed by atoms with Crippen LogP contribution in [-0.2, 0) is 0 Å². The molecule has 0 rings (SSSR count). The number of hydrogen-bond acceptors (Lipinski definition) is 4. The zero-order valence-electron chi connectivity index (χ0n) is 7.85. The lowest BCUT2D eigenvalue weighted by atomic mass is 10.0. The van der Waals surface area contributed by atoms with Crippen LogP contribution in [0.4, 0.5) is 0 Å². The second-order valence-corrected chi connectivity index (χ2v) is 3.03. The fourth-order valence-corrected chi connectivity index (χ4v) is 1.05. The monoisotopic (exact) mass is 190 g/mol. The minimum absolute atomic E-state index is 0.285. The fraction of sp³-hybridized carbons (Fsp3) is 0.778. The van der Waals surface area contributed by atoms with E-state index in [1.807, 2.05) is 0 Å². The molecule has 2 atom stereocenters. The Morgan fingerprint density at radius 1 is 1.08 bits per heavy atom. The predicted molar refractivity (Wildman–Crippen MR) is 49.2 cm³/mol. The van der Waals surface area contributed by atoms with Crippen molar-refractivity contribution in [2.45, 2.75) is 32.0 Å². The molecule has 0 saturated heterocycles. The smallest absolute Gasteiger partial charge is 0.0807 e. The van der Waals surface area contributed by atoms with E-state index < -0.39 is 12.2 Å². The standard InChI is InChI=1S/C9H18O4/c1-2-7(3-8(12)5-10)4-9(13)6-11/h2,8-13H,3-6H2,1H3. The van der Waals surface area contributed by atoms with Gasteiger partial charge in [0.15, 0.2) is 0 Å². The van der Waals surface area contributed by atoms with Gasteiger partial charge in [0.2, 0.25) is 0 Å². The molecule has 13 heavy (non-hydrogen) atoms. The Labute approximate surface area is 78.1 Å². The molecule has 4 N–H and O–H groups in total. The third kappa shape index (κ3) is 5.76. The van der Waals surface area contributed by atoms with Gasteiger partial charge in [0.1, 0.15) is 0 Å². The summed E-state index contributed by atoms with van der Waals surface area (Å²) in [5.41, 5.74) is 0.836. The van der Waals surface area contributed by atoms with Gasteiger partial charge in [-0.1, -0.05) is 11.6 Å². The van der Waals surface area contributed by atoms with Crippen LogP contribution in [0.2, 0.25) is 0 Å². The maximum absolute atomic E-state index is 9.11. The van der Waals surface area contributed by atoms with Crippen molar-refractivity contribution in [1.29, 1.82) is 0 Å². The van der Waals surface area contributed by atoms with Crippen LogP contribution < -0.4 is 0 Å². The summed E-state index contributed by atoms with van der Waals surface area (Å²) in [5.74, 6) is 0. The minimum atomic E-state index is -0.780. The molecule has 0 saturated carbocycles. The summed E-state index contributed by atoms with van der Waals surface area (Å²) in [6.45, 7) is 1.22. The van der Waals surface area contributed by atoms with Crippen LogP contribution in [0.5, 0.6) is 0 Å². The van der Waals surface area contributed by atoms with Gasteiger partial charge in [-0.05, 0) is 19.8 Å². The molecule has 0 bridgehead atoms. The Morgan fingerprint density at radius 2 is 1.46 bits per heavy atom. The van der Waals surface area contributed by atoms with Gasteiger partial charge >= 0.3 is 0 Å². The highest BCUT2D eigenvalue weighted by atomic mass is 16.3. The van der Waals surface area contributed by atoms with E-state index in [9.17, 15) is 0 Å². The van der Waals surface area contributed by atoms with Crippen LogP contribution in [0.1, 0.15) is 19.8 Å². The molecule has 4 heteroatoms. The highest BCUT2D eigenvalue weighted by molar-refractivity contribution is 5.03. The summed E-state index contributed by atoms with van der Waals surface area (Å²) in [4.78, 5) is 0. The largest absolute Gasteiger partial charge is 0.394 e. The summed E-state index contributed by atoms with van der Waals surface area (Å²) in [6.07, 6.45) is 0.889. The van der Waals surface area contributed by atoms with E-state index in [0.29, 0.717) is 12.8 Å². The van der Waals surface area contributed by atoms with Gasteiger partial charge in [-0.15, -0.1) is 0 Å². The van der Waals surface area contributed by atoms with Crippen molar-refractivity contribution in [3.05, 3.63) is 11.6 Å². The molecule has 78 valence electrons. The Kier molecular flexibility index (Phi) is 6.80. The Hall–Kier alpha value is -0.420. The van der Waals surface area contributed by atoms with E-state index in [1.165, 1.54) is 0 Å². The first kappa shape index (κ1) is 12.6. The van der Waals surface area contributed by atoms with E-state index in [1.54, 1.807) is 13.0 Å². The molecule has 0 amide bonds. The van der Waals surface area contributed by atoms with E-state index in [-0.39, 0.29) is 13.2 Å². The second kappa shape index (κ2) is 7.03.